The van der Waals surface area contributed by atoms with E-state index >= 15 is 0 Å². The van der Waals surface area contributed by atoms with Gasteiger partial charge in [0, 0.05) is 32.0 Å². The Labute approximate surface area is 122 Å². The molecule has 1 heterocycles. The van der Waals surface area contributed by atoms with Crippen LogP contribution in [-0.2, 0) is 9.59 Å². The monoisotopic (exact) mass is 283 g/mol. The third-order valence-electron chi connectivity index (χ3n) is 3.61. The molecule has 20 heavy (non-hydrogen) atoms. The number of carbonyl (C=O) groups is 2. The number of amides is 2. The van der Waals surface area contributed by atoms with E-state index in [4.69, 9.17) is 0 Å². The molecule has 1 aliphatic rings. The Morgan fingerprint density at radius 2 is 1.70 bits per heavy atom. The van der Waals surface area contributed by atoms with Gasteiger partial charge in [-0.15, -0.1) is 0 Å². The molecule has 0 aliphatic carbocycles. The molecular weight excluding hydrogens is 254 g/mol. The molecule has 0 radical (unpaired) electrons. The van der Waals surface area contributed by atoms with Gasteiger partial charge in [-0.05, 0) is 38.8 Å². The molecule has 1 rings (SSSR count). The molecule has 0 aromatic carbocycles. The van der Waals surface area contributed by atoms with Crippen LogP contribution < -0.4 is 10.6 Å². The van der Waals surface area contributed by atoms with Gasteiger partial charge in [-0.3, -0.25) is 9.59 Å². The maximum absolute atomic E-state index is 12.1. The summed E-state index contributed by atoms with van der Waals surface area (Å²) in [6, 6.07) is 0.279. The van der Waals surface area contributed by atoms with E-state index in [0.717, 1.165) is 51.9 Å². The molecule has 0 bridgehead atoms. The fraction of sp³-hybridized carbons (Fsp3) is 0.867. The SMILES string of the molecule is CCCN(CCC)C(=O)CCC(=O)NC1CCNCC1. The molecule has 0 saturated carbocycles. The topological polar surface area (TPSA) is 61.4 Å². The van der Waals surface area contributed by atoms with Crippen molar-refractivity contribution in [1.82, 2.24) is 15.5 Å². The van der Waals surface area contributed by atoms with Crippen LogP contribution in [0.25, 0.3) is 0 Å². The normalized spacial score (nSPS) is 15.9. The van der Waals surface area contributed by atoms with E-state index in [9.17, 15) is 9.59 Å². The lowest BCUT2D eigenvalue weighted by molar-refractivity contribution is -0.133. The third kappa shape index (κ3) is 6.37. The summed E-state index contributed by atoms with van der Waals surface area (Å²) in [7, 11) is 0. The predicted molar refractivity (Wildman–Crippen MR) is 80.4 cm³/mol. The highest BCUT2D eigenvalue weighted by molar-refractivity contribution is 5.83. The second kappa shape index (κ2) is 9.75. The number of carbonyl (C=O) groups excluding carboxylic acids is 2. The average Bonchev–Trinajstić information content (AvgIpc) is 2.45. The van der Waals surface area contributed by atoms with Crippen LogP contribution in [0.4, 0.5) is 0 Å². The van der Waals surface area contributed by atoms with Crippen molar-refractivity contribution in [3.05, 3.63) is 0 Å². The first-order valence-corrected chi connectivity index (χ1v) is 7.95. The molecule has 2 N–H and O–H groups in total. The molecule has 0 atom stereocenters. The number of nitrogens with one attached hydrogen (secondary N) is 2. The number of piperidine rings is 1. The van der Waals surface area contributed by atoms with Crippen LogP contribution in [0.2, 0.25) is 0 Å². The van der Waals surface area contributed by atoms with Crippen molar-refractivity contribution in [1.29, 1.82) is 0 Å². The van der Waals surface area contributed by atoms with E-state index in [1.54, 1.807) is 0 Å². The molecule has 1 fully saturated rings. The van der Waals surface area contributed by atoms with Crippen LogP contribution >= 0.6 is 0 Å². The summed E-state index contributed by atoms with van der Waals surface area (Å²) < 4.78 is 0. The van der Waals surface area contributed by atoms with Crippen LogP contribution in [0, 0.1) is 0 Å². The Hall–Kier alpha value is -1.10. The van der Waals surface area contributed by atoms with E-state index in [2.05, 4.69) is 24.5 Å². The van der Waals surface area contributed by atoms with Crippen LogP contribution in [0.1, 0.15) is 52.4 Å². The molecule has 5 nitrogen and oxygen atoms in total. The minimum Gasteiger partial charge on any atom is -0.353 e. The van der Waals surface area contributed by atoms with Crippen molar-refractivity contribution in [3.8, 4) is 0 Å². The van der Waals surface area contributed by atoms with E-state index < -0.39 is 0 Å². The molecule has 0 unspecified atom stereocenters. The molecule has 0 spiro atoms. The van der Waals surface area contributed by atoms with Crippen LogP contribution in [0.5, 0.6) is 0 Å². The maximum atomic E-state index is 12.1. The van der Waals surface area contributed by atoms with Crippen molar-refractivity contribution >= 4 is 11.8 Å². The van der Waals surface area contributed by atoms with Gasteiger partial charge in [0.05, 0.1) is 0 Å². The Bertz CT molecular complexity index is 295. The standard InChI is InChI=1S/C15H29N3O2/c1-3-11-18(12-4-2)15(20)6-5-14(19)17-13-7-9-16-10-8-13/h13,16H,3-12H2,1-2H3,(H,17,19). The van der Waals surface area contributed by atoms with Crippen molar-refractivity contribution in [2.24, 2.45) is 0 Å². The number of hydrogen-bond acceptors (Lipinski definition) is 3. The van der Waals surface area contributed by atoms with Gasteiger partial charge >= 0.3 is 0 Å². The molecule has 0 aromatic rings. The van der Waals surface area contributed by atoms with Gasteiger partial charge < -0.3 is 15.5 Å². The highest BCUT2D eigenvalue weighted by Crippen LogP contribution is 2.05. The van der Waals surface area contributed by atoms with E-state index in [1.165, 1.54) is 0 Å². The first-order chi connectivity index (χ1) is 9.67. The second-order valence-corrected chi connectivity index (χ2v) is 5.47. The average molecular weight is 283 g/mol. The molecule has 116 valence electrons. The van der Waals surface area contributed by atoms with Gasteiger partial charge in [0.2, 0.25) is 11.8 Å². The summed E-state index contributed by atoms with van der Waals surface area (Å²) in [5.41, 5.74) is 0. The van der Waals surface area contributed by atoms with E-state index in [-0.39, 0.29) is 17.9 Å². The highest BCUT2D eigenvalue weighted by atomic mass is 16.2. The van der Waals surface area contributed by atoms with Crippen LogP contribution in [-0.4, -0.2) is 48.9 Å². The minimum absolute atomic E-state index is 0.0122. The predicted octanol–water partition coefficient (Wildman–Crippen LogP) is 1.28. The van der Waals surface area contributed by atoms with E-state index in [0.29, 0.717) is 12.8 Å². The van der Waals surface area contributed by atoms with Gasteiger partial charge in [-0.25, -0.2) is 0 Å². The van der Waals surface area contributed by atoms with Crippen molar-refractivity contribution in [3.63, 3.8) is 0 Å². The molecule has 1 saturated heterocycles. The molecule has 5 heteroatoms. The van der Waals surface area contributed by atoms with E-state index in [1.807, 2.05) is 4.90 Å². The van der Waals surface area contributed by atoms with Gasteiger partial charge in [0.25, 0.3) is 0 Å². The first-order valence-electron chi connectivity index (χ1n) is 7.95. The van der Waals surface area contributed by atoms with Crippen molar-refractivity contribution < 1.29 is 9.59 Å². The van der Waals surface area contributed by atoms with Crippen molar-refractivity contribution in [2.45, 2.75) is 58.4 Å². The van der Waals surface area contributed by atoms with Crippen LogP contribution in [0.3, 0.4) is 0 Å². The van der Waals surface area contributed by atoms with Gasteiger partial charge in [0.1, 0.15) is 0 Å². The first kappa shape index (κ1) is 17.0. The summed E-state index contributed by atoms with van der Waals surface area (Å²) >= 11 is 0. The van der Waals surface area contributed by atoms with Gasteiger partial charge in [-0.2, -0.15) is 0 Å². The third-order valence-corrected chi connectivity index (χ3v) is 3.61. The summed E-state index contributed by atoms with van der Waals surface area (Å²) in [5.74, 6) is 0.118. The lowest BCUT2D eigenvalue weighted by Gasteiger charge is -2.24. The summed E-state index contributed by atoms with van der Waals surface area (Å²) in [6.07, 6.45) is 4.54. The van der Waals surface area contributed by atoms with Crippen molar-refractivity contribution in [2.75, 3.05) is 26.2 Å². The Morgan fingerprint density at radius 3 is 2.25 bits per heavy atom. The Balaban J connectivity index is 2.25. The van der Waals surface area contributed by atoms with Gasteiger partial charge in [-0.1, -0.05) is 13.8 Å². The zero-order chi connectivity index (χ0) is 14.8. The zero-order valence-electron chi connectivity index (χ0n) is 12.9. The summed E-state index contributed by atoms with van der Waals surface area (Å²) in [4.78, 5) is 25.8. The maximum Gasteiger partial charge on any atom is 0.223 e. The second-order valence-electron chi connectivity index (χ2n) is 5.47. The number of nitrogens with zero attached hydrogens (tertiary/aromatic N) is 1. The molecule has 2 amide bonds. The number of rotatable bonds is 8. The Morgan fingerprint density at radius 1 is 1.10 bits per heavy atom. The largest absolute Gasteiger partial charge is 0.353 e. The fourth-order valence-electron chi connectivity index (χ4n) is 2.55. The fourth-order valence-corrected chi connectivity index (χ4v) is 2.55. The lowest BCUT2D eigenvalue weighted by atomic mass is 10.1. The summed E-state index contributed by atoms with van der Waals surface area (Å²) in [5, 5.41) is 6.30. The van der Waals surface area contributed by atoms with Gasteiger partial charge in [0.15, 0.2) is 0 Å². The smallest absolute Gasteiger partial charge is 0.223 e. The lowest BCUT2D eigenvalue weighted by Crippen LogP contribution is -2.43. The molecular formula is C15H29N3O2. The molecule has 0 aromatic heterocycles. The minimum atomic E-state index is 0.0122. The summed E-state index contributed by atoms with van der Waals surface area (Å²) in [6.45, 7) is 7.65. The number of hydrogen-bond donors (Lipinski definition) is 2. The van der Waals surface area contributed by atoms with Crippen LogP contribution in [0.15, 0.2) is 0 Å². The quantitative estimate of drug-likeness (QED) is 0.705. The highest BCUT2D eigenvalue weighted by Gasteiger charge is 2.17. The zero-order valence-corrected chi connectivity index (χ0v) is 12.9. The Kier molecular flexibility index (Phi) is 8.26. The molecule has 1 aliphatic heterocycles.